The number of methoxy groups -OCH3 is 1. The van der Waals surface area contributed by atoms with Crippen LogP contribution in [0.1, 0.15) is 54.1 Å². The molecule has 1 saturated heterocycles. The monoisotopic (exact) mass is 610 g/mol. The lowest BCUT2D eigenvalue weighted by Crippen LogP contribution is -2.38. The molecule has 3 heterocycles. The Morgan fingerprint density at radius 3 is 2.61 bits per heavy atom. The molecule has 10 heteroatoms. The number of fused-ring (bicyclic) bond motifs is 2. The zero-order valence-electron chi connectivity index (χ0n) is 25.6. The first-order valence-corrected chi connectivity index (χ1v) is 15.9. The molecule has 2 aromatic heterocycles. The van der Waals surface area contributed by atoms with E-state index in [9.17, 15) is 4.79 Å². The van der Waals surface area contributed by atoms with E-state index in [2.05, 4.69) is 43.1 Å². The summed E-state index contributed by atoms with van der Waals surface area (Å²) in [4.78, 5) is 29.0. The summed E-state index contributed by atoms with van der Waals surface area (Å²) in [7, 11) is 1.65. The molecule has 1 atom stereocenters. The number of hydrogen-bond acceptors (Lipinski definition) is 9. The van der Waals surface area contributed by atoms with E-state index in [1.54, 1.807) is 25.3 Å². The highest BCUT2D eigenvalue weighted by Gasteiger charge is 2.20. The Hall–Kier alpha value is -4.28. The van der Waals surface area contributed by atoms with Gasteiger partial charge < -0.3 is 25.4 Å². The molecule has 44 heavy (non-hydrogen) atoms. The van der Waals surface area contributed by atoms with Crippen molar-refractivity contribution in [2.75, 3.05) is 32.1 Å². The molecule has 6 rings (SSSR count). The van der Waals surface area contributed by atoms with Gasteiger partial charge in [-0.25, -0.2) is 15.0 Å². The van der Waals surface area contributed by atoms with Crippen molar-refractivity contribution in [2.24, 2.45) is 5.73 Å². The number of anilines is 2. The van der Waals surface area contributed by atoms with Crippen molar-refractivity contribution in [1.29, 1.82) is 0 Å². The predicted molar refractivity (Wildman–Crippen MR) is 177 cm³/mol. The molecule has 1 unspecified atom stereocenters. The normalized spacial score (nSPS) is 15.5. The van der Waals surface area contributed by atoms with E-state index in [1.807, 2.05) is 18.2 Å². The van der Waals surface area contributed by atoms with Gasteiger partial charge in [-0.1, -0.05) is 24.6 Å². The SMILES string of the molecule is COc1cc2c(Nc3c(C)cccc3C)nc(-c3nc4ccc(C(N)=O)cc4s3)nc2cc1OCCCN1CCCCC1C. The summed E-state index contributed by atoms with van der Waals surface area (Å²) in [6, 6.07) is 15.9. The number of nitrogens with two attached hydrogens (primary N) is 1. The quantitative estimate of drug-likeness (QED) is 0.162. The summed E-state index contributed by atoms with van der Waals surface area (Å²) in [6.07, 6.45) is 4.78. The molecule has 1 fully saturated rings. The molecule has 5 aromatic rings. The fraction of sp³-hybridized carbons (Fsp3) is 0.353. The summed E-state index contributed by atoms with van der Waals surface area (Å²) < 4.78 is 12.9. The highest BCUT2D eigenvalue weighted by molar-refractivity contribution is 7.21. The summed E-state index contributed by atoms with van der Waals surface area (Å²) in [5.74, 6) is 1.91. The number of nitrogens with zero attached hydrogens (tertiary/aromatic N) is 4. The fourth-order valence-electron chi connectivity index (χ4n) is 5.84. The van der Waals surface area contributed by atoms with Crippen LogP contribution in [0.5, 0.6) is 11.5 Å². The summed E-state index contributed by atoms with van der Waals surface area (Å²) in [5.41, 5.74) is 10.6. The van der Waals surface area contributed by atoms with E-state index < -0.39 is 5.91 Å². The fourth-order valence-corrected chi connectivity index (χ4v) is 6.78. The molecule has 3 N–H and O–H groups in total. The van der Waals surface area contributed by atoms with Crippen molar-refractivity contribution < 1.29 is 14.3 Å². The molecule has 0 aliphatic carbocycles. The van der Waals surface area contributed by atoms with Gasteiger partial charge in [-0.2, -0.15) is 0 Å². The van der Waals surface area contributed by atoms with E-state index in [1.165, 1.54) is 30.6 Å². The van der Waals surface area contributed by atoms with Gasteiger partial charge in [0.05, 0.1) is 29.5 Å². The minimum atomic E-state index is -0.476. The minimum absolute atomic E-state index is 0.438. The molecule has 0 radical (unpaired) electrons. The summed E-state index contributed by atoms with van der Waals surface area (Å²) in [6.45, 7) is 9.21. The van der Waals surface area contributed by atoms with Crippen LogP contribution >= 0.6 is 11.3 Å². The van der Waals surface area contributed by atoms with Crippen LogP contribution in [0, 0.1) is 13.8 Å². The van der Waals surface area contributed by atoms with E-state index in [-0.39, 0.29) is 0 Å². The van der Waals surface area contributed by atoms with Gasteiger partial charge in [-0.3, -0.25) is 4.79 Å². The number of likely N-dealkylation sites (tertiary alicyclic amines) is 1. The van der Waals surface area contributed by atoms with Crippen LogP contribution < -0.4 is 20.5 Å². The first-order chi connectivity index (χ1) is 21.3. The number of aromatic nitrogens is 3. The van der Waals surface area contributed by atoms with Gasteiger partial charge in [-0.05, 0) is 82.0 Å². The number of thiazole rings is 1. The molecule has 1 aliphatic heterocycles. The Labute approximate surface area is 261 Å². The van der Waals surface area contributed by atoms with Crippen LogP contribution in [0.2, 0.25) is 0 Å². The summed E-state index contributed by atoms with van der Waals surface area (Å²) in [5, 5.41) is 5.02. The number of benzene rings is 3. The Kier molecular flexibility index (Phi) is 8.63. The van der Waals surface area contributed by atoms with Gasteiger partial charge in [0.1, 0.15) is 5.82 Å². The van der Waals surface area contributed by atoms with Gasteiger partial charge in [0.15, 0.2) is 22.3 Å². The van der Waals surface area contributed by atoms with Gasteiger partial charge >= 0.3 is 0 Å². The van der Waals surface area contributed by atoms with Crippen LogP contribution in [0.4, 0.5) is 11.5 Å². The second kappa shape index (κ2) is 12.8. The largest absolute Gasteiger partial charge is 0.493 e. The molecule has 3 aromatic carbocycles. The van der Waals surface area contributed by atoms with Gasteiger partial charge in [0.25, 0.3) is 0 Å². The zero-order valence-corrected chi connectivity index (χ0v) is 26.5. The molecule has 0 bridgehead atoms. The number of carbonyl (C=O) groups is 1. The molecule has 0 saturated carbocycles. The summed E-state index contributed by atoms with van der Waals surface area (Å²) >= 11 is 1.42. The lowest BCUT2D eigenvalue weighted by molar-refractivity contribution is 0.100. The van der Waals surface area contributed by atoms with Gasteiger partial charge in [0, 0.05) is 35.3 Å². The number of rotatable bonds is 10. The van der Waals surface area contributed by atoms with E-state index >= 15 is 0 Å². The van der Waals surface area contributed by atoms with Gasteiger partial charge in [-0.15, -0.1) is 11.3 Å². The van der Waals surface area contributed by atoms with Crippen LogP contribution in [0.3, 0.4) is 0 Å². The van der Waals surface area contributed by atoms with Crippen molar-refractivity contribution in [2.45, 2.75) is 52.5 Å². The third-order valence-electron chi connectivity index (χ3n) is 8.36. The third-order valence-corrected chi connectivity index (χ3v) is 9.37. The number of aryl methyl sites for hydroxylation is 2. The topological polar surface area (TPSA) is 115 Å². The average molecular weight is 611 g/mol. The molecule has 1 aliphatic rings. The van der Waals surface area contributed by atoms with E-state index in [0.29, 0.717) is 51.9 Å². The molecular formula is C34H38N6O3S. The van der Waals surface area contributed by atoms with Crippen molar-refractivity contribution in [3.63, 3.8) is 0 Å². The third kappa shape index (κ3) is 6.18. The lowest BCUT2D eigenvalue weighted by Gasteiger charge is -2.33. The maximum Gasteiger partial charge on any atom is 0.248 e. The first-order valence-electron chi connectivity index (χ1n) is 15.1. The lowest BCUT2D eigenvalue weighted by atomic mass is 10.0. The van der Waals surface area contributed by atoms with Crippen molar-refractivity contribution in [3.05, 3.63) is 65.2 Å². The van der Waals surface area contributed by atoms with E-state index in [4.69, 9.17) is 30.2 Å². The maximum absolute atomic E-state index is 11.8. The second-order valence-corrected chi connectivity index (χ2v) is 12.5. The standard InChI is InChI=1S/C34H38N6O3S/c1-20-9-7-10-21(2)30(20)38-32-24-18-27(42-4)28(43-16-8-15-40-14-6-5-11-22(40)3)19-26(24)36-33(39-32)34-37-25-13-12-23(31(35)41)17-29(25)44-34/h7,9-10,12-13,17-19,22H,5-6,8,11,14-16H2,1-4H3,(H2,35,41)(H,36,38,39). The van der Waals surface area contributed by atoms with Crippen LogP contribution in [-0.4, -0.2) is 58.6 Å². The molecular weight excluding hydrogens is 572 g/mol. The molecule has 0 spiro atoms. The van der Waals surface area contributed by atoms with Crippen LogP contribution in [0.25, 0.3) is 32.0 Å². The van der Waals surface area contributed by atoms with Crippen LogP contribution in [0.15, 0.2) is 48.5 Å². The average Bonchev–Trinajstić information content (AvgIpc) is 3.45. The highest BCUT2D eigenvalue weighted by atomic mass is 32.1. The smallest absolute Gasteiger partial charge is 0.248 e. The Bertz CT molecular complexity index is 1820. The number of ether oxygens (including phenoxy) is 2. The Balaban J connectivity index is 1.38. The second-order valence-electron chi connectivity index (χ2n) is 11.5. The molecule has 1 amide bonds. The number of hydrogen-bond donors (Lipinski definition) is 2. The molecule has 9 nitrogen and oxygen atoms in total. The van der Waals surface area contributed by atoms with Crippen molar-refractivity contribution >= 4 is 49.9 Å². The Morgan fingerprint density at radius 2 is 1.86 bits per heavy atom. The highest BCUT2D eigenvalue weighted by Crippen LogP contribution is 2.38. The van der Waals surface area contributed by atoms with Crippen molar-refractivity contribution in [1.82, 2.24) is 19.9 Å². The maximum atomic E-state index is 11.8. The first kappa shape index (κ1) is 29.8. The number of nitrogens with one attached hydrogen (secondary N) is 1. The number of piperidine rings is 1. The number of primary amides is 1. The number of carbonyl (C=O) groups excluding carboxylic acids is 1. The van der Waals surface area contributed by atoms with Crippen molar-refractivity contribution in [3.8, 4) is 22.3 Å². The molecule has 228 valence electrons. The van der Waals surface area contributed by atoms with E-state index in [0.717, 1.165) is 51.9 Å². The minimum Gasteiger partial charge on any atom is -0.493 e. The zero-order chi connectivity index (χ0) is 30.8. The Morgan fingerprint density at radius 1 is 1.05 bits per heavy atom. The number of amides is 1. The predicted octanol–water partition coefficient (Wildman–Crippen LogP) is 7.02. The van der Waals surface area contributed by atoms with Crippen LogP contribution in [-0.2, 0) is 0 Å². The number of para-hydroxylation sites is 1. The van der Waals surface area contributed by atoms with Gasteiger partial charge in [0.2, 0.25) is 5.91 Å².